The quantitative estimate of drug-likeness (QED) is 0.746. The van der Waals surface area contributed by atoms with Crippen LogP contribution < -0.4 is 5.32 Å². The van der Waals surface area contributed by atoms with Gasteiger partial charge in [0.05, 0.1) is 6.54 Å². The van der Waals surface area contributed by atoms with Gasteiger partial charge in [-0.15, -0.1) is 0 Å². The van der Waals surface area contributed by atoms with Gasteiger partial charge in [0, 0.05) is 19.6 Å². The summed E-state index contributed by atoms with van der Waals surface area (Å²) in [6.45, 7) is 1.87. The molecule has 106 valence electrons. The number of urea groups is 1. The van der Waals surface area contributed by atoms with Crippen molar-refractivity contribution in [1.82, 2.24) is 15.1 Å². The van der Waals surface area contributed by atoms with Crippen LogP contribution in [-0.4, -0.2) is 65.0 Å². The third-order valence-corrected chi connectivity index (χ3v) is 3.65. The minimum absolute atomic E-state index is 0.0539. The minimum atomic E-state index is -0.987. The summed E-state index contributed by atoms with van der Waals surface area (Å²) in [5.41, 5.74) is 0. The molecule has 2 aliphatic rings. The summed E-state index contributed by atoms with van der Waals surface area (Å²) in [4.78, 5) is 37.6. The molecular formula is C12H19N3O4. The molecule has 0 aromatic carbocycles. The van der Waals surface area contributed by atoms with Crippen LogP contribution in [-0.2, 0) is 9.59 Å². The van der Waals surface area contributed by atoms with E-state index in [2.05, 4.69) is 5.32 Å². The van der Waals surface area contributed by atoms with Crippen molar-refractivity contribution < 1.29 is 19.5 Å². The van der Waals surface area contributed by atoms with E-state index in [9.17, 15) is 14.4 Å². The van der Waals surface area contributed by atoms with Crippen molar-refractivity contribution in [3.05, 3.63) is 0 Å². The fourth-order valence-electron chi connectivity index (χ4n) is 2.60. The summed E-state index contributed by atoms with van der Waals surface area (Å²) >= 11 is 0. The van der Waals surface area contributed by atoms with E-state index < -0.39 is 18.0 Å². The van der Waals surface area contributed by atoms with Crippen LogP contribution in [0.1, 0.15) is 25.7 Å². The lowest BCUT2D eigenvalue weighted by Gasteiger charge is -2.22. The number of hydrogen-bond acceptors (Lipinski definition) is 3. The minimum Gasteiger partial charge on any atom is -0.480 e. The van der Waals surface area contributed by atoms with Crippen molar-refractivity contribution in [3.8, 4) is 0 Å². The average molecular weight is 269 g/mol. The number of likely N-dealkylation sites (tertiary alicyclic amines) is 2. The average Bonchev–Trinajstić information content (AvgIpc) is 3.04. The number of rotatable bonds is 3. The number of nitrogens with zero attached hydrogens (tertiary/aromatic N) is 2. The van der Waals surface area contributed by atoms with Gasteiger partial charge in [0.15, 0.2) is 0 Å². The van der Waals surface area contributed by atoms with Crippen LogP contribution in [0.4, 0.5) is 4.79 Å². The Kier molecular flexibility index (Phi) is 4.24. The topological polar surface area (TPSA) is 90.0 Å². The van der Waals surface area contributed by atoms with Gasteiger partial charge in [-0.1, -0.05) is 0 Å². The van der Waals surface area contributed by atoms with Gasteiger partial charge in [-0.3, -0.25) is 4.79 Å². The normalized spacial score (nSPS) is 22.6. The molecule has 7 heteroatoms. The summed E-state index contributed by atoms with van der Waals surface area (Å²) in [6.07, 6.45) is 3.17. The van der Waals surface area contributed by atoms with E-state index in [1.165, 1.54) is 4.90 Å². The highest BCUT2D eigenvalue weighted by molar-refractivity contribution is 5.87. The monoisotopic (exact) mass is 269 g/mol. The van der Waals surface area contributed by atoms with Crippen LogP contribution in [0.15, 0.2) is 0 Å². The summed E-state index contributed by atoms with van der Waals surface area (Å²) in [5, 5.41) is 11.5. The SMILES string of the molecule is O=C(O)[C@H]1CCCN1C(=O)NCC(=O)N1CCCC1. The molecule has 0 aromatic rings. The molecule has 2 heterocycles. The molecule has 0 aliphatic carbocycles. The van der Waals surface area contributed by atoms with Crippen molar-refractivity contribution >= 4 is 17.9 Å². The van der Waals surface area contributed by atoms with Gasteiger partial charge in [-0.25, -0.2) is 9.59 Å². The number of carboxylic acid groups (broad SMARTS) is 1. The van der Waals surface area contributed by atoms with E-state index in [1.807, 2.05) is 0 Å². The van der Waals surface area contributed by atoms with E-state index in [4.69, 9.17) is 5.11 Å². The summed E-state index contributed by atoms with van der Waals surface area (Å²) in [5.74, 6) is -1.09. The van der Waals surface area contributed by atoms with Crippen LogP contribution in [0.25, 0.3) is 0 Å². The van der Waals surface area contributed by atoms with Crippen LogP contribution in [0, 0.1) is 0 Å². The van der Waals surface area contributed by atoms with E-state index >= 15 is 0 Å². The molecular weight excluding hydrogens is 250 g/mol. The first-order valence-corrected chi connectivity index (χ1v) is 6.64. The Hall–Kier alpha value is -1.79. The first-order chi connectivity index (χ1) is 9.09. The van der Waals surface area contributed by atoms with Gasteiger partial charge < -0.3 is 20.2 Å². The highest BCUT2D eigenvalue weighted by Gasteiger charge is 2.34. The van der Waals surface area contributed by atoms with Crippen LogP contribution in [0.3, 0.4) is 0 Å². The van der Waals surface area contributed by atoms with Gasteiger partial charge in [-0.05, 0) is 25.7 Å². The van der Waals surface area contributed by atoms with Gasteiger partial charge in [-0.2, -0.15) is 0 Å². The van der Waals surface area contributed by atoms with E-state index in [-0.39, 0.29) is 12.5 Å². The summed E-state index contributed by atoms with van der Waals surface area (Å²) in [6, 6.07) is -1.22. The summed E-state index contributed by atoms with van der Waals surface area (Å²) < 4.78 is 0. The molecule has 2 N–H and O–H groups in total. The standard InChI is InChI=1S/C12H19N3O4/c16-10(14-5-1-2-6-14)8-13-12(19)15-7-3-4-9(15)11(17)18/h9H,1-8H2,(H,13,19)(H,17,18)/t9-/m1/s1. The second kappa shape index (κ2) is 5.90. The zero-order valence-electron chi connectivity index (χ0n) is 10.8. The van der Waals surface area contributed by atoms with Gasteiger partial charge in [0.25, 0.3) is 0 Å². The van der Waals surface area contributed by atoms with Crippen molar-refractivity contribution in [2.45, 2.75) is 31.7 Å². The zero-order chi connectivity index (χ0) is 13.8. The molecule has 0 aromatic heterocycles. The van der Waals surface area contributed by atoms with E-state index in [1.54, 1.807) is 4.90 Å². The second-order valence-electron chi connectivity index (χ2n) is 4.94. The number of carboxylic acids is 1. The molecule has 0 bridgehead atoms. The molecule has 3 amide bonds. The third kappa shape index (κ3) is 3.15. The summed E-state index contributed by atoms with van der Waals surface area (Å²) in [7, 11) is 0. The molecule has 0 saturated carbocycles. The predicted octanol–water partition coefficient (Wildman–Crippen LogP) is -0.133. The Balaban J connectivity index is 1.80. The predicted molar refractivity (Wildman–Crippen MR) is 66.6 cm³/mol. The molecule has 1 atom stereocenters. The maximum Gasteiger partial charge on any atom is 0.326 e. The molecule has 2 fully saturated rings. The molecule has 0 radical (unpaired) electrons. The largest absolute Gasteiger partial charge is 0.480 e. The van der Waals surface area contributed by atoms with Gasteiger partial charge in [0.2, 0.25) is 5.91 Å². The van der Waals surface area contributed by atoms with Crippen molar-refractivity contribution in [2.75, 3.05) is 26.2 Å². The van der Waals surface area contributed by atoms with Crippen LogP contribution in [0.2, 0.25) is 0 Å². The Bertz CT molecular complexity index is 379. The lowest BCUT2D eigenvalue weighted by molar-refractivity contribution is -0.141. The van der Waals surface area contributed by atoms with E-state index in [0.29, 0.717) is 19.4 Å². The zero-order valence-corrected chi connectivity index (χ0v) is 10.8. The molecule has 0 unspecified atom stereocenters. The number of aliphatic carboxylic acids is 1. The smallest absolute Gasteiger partial charge is 0.326 e. The molecule has 19 heavy (non-hydrogen) atoms. The Labute approximate surface area is 111 Å². The molecule has 0 spiro atoms. The molecule has 2 aliphatic heterocycles. The Morgan fingerprint density at radius 3 is 2.42 bits per heavy atom. The molecule has 7 nitrogen and oxygen atoms in total. The highest BCUT2D eigenvalue weighted by Crippen LogP contribution is 2.17. The number of amides is 3. The van der Waals surface area contributed by atoms with Crippen molar-refractivity contribution in [1.29, 1.82) is 0 Å². The van der Waals surface area contributed by atoms with Crippen LogP contribution in [0.5, 0.6) is 0 Å². The molecule has 2 saturated heterocycles. The maximum absolute atomic E-state index is 11.9. The lowest BCUT2D eigenvalue weighted by atomic mass is 10.2. The fraction of sp³-hybridized carbons (Fsp3) is 0.750. The van der Waals surface area contributed by atoms with Crippen LogP contribution >= 0.6 is 0 Å². The third-order valence-electron chi connectivity index (χ3n) is 3.65. The highest BCUT2D eigenvalue weighted by atomic mass is 16.4. The number of nitrogens with one attached hydrogen (secondary N) is 1. The number of carbonyl (C=O) groups excluding carboxylic acids is 2. The first-order valence-electron chi connectivity index (χ1n) is 6.64. The number of hydrogen-bond donors (Lipinski definition) is 2. The van der Waals surface area contributed by atoms with Crippen molar-refractivity contribution in [2.24, 2.45) is 0 Å². The fourth-order valence-corrected chi connectivity index (χ4v) is 2.60. The Morgan fingerprint density at radius 2 is 1.79 bits per heavy atom. The van der Waals surface area contributed by atoms with Gasteiger partial charge in [0.1, 0.15) is 6.04 Å². The molecule has 2 rings (SSSR count). The van der Waals surface area contributed by atoms with Crippen molar-refractivity contribution in [3.63, 3.8) is 0 Å². The second-order valence-corrected chi connectivity index (χ2v) is 4.94. The maximum atomic E-state index is 11.9. The lowest BCUT2D eigenvalue weighted by Crippen LogP contribution is -2.48. The Morgan fingerprint density at radius 1 is 1.11 bits per heavy atom. The first kappa shape index (κ1) is 13.6. The van der Waals surface area contributed by atoms with E-state index in [0.717, 1.165) is 25.9 Å². The number of carbonyl (C=O) groups is 3. The van der Waals surface area contributed by atoms with Gasteiger partial charge >= 0.3 is 12.0 Å².